The molecule has 1 aliphatic heterocycles. The van der Waals surface area contributed by atoms with Gasteiger partial charge in [-0.05, 0) is 39.3 Å². The van der Waals surface area contributed by atoms with E-state index in [1.165, 1.54) is 5.69 Å². The first-order chi connectivity index (χ1) is 8.21. The number of aromatic nitrogens is 1. The predicted molar refractivity (Wildman–Crippen MR) is 74.9 cm³/mol. The normalized spacial score (nSPS) is 27.3. The van der Waals surface area contributed by atoms with Crippen LogP contribution in [0.2, 0.25) is 0 Å². The van der Waals surface area contributed by atoms with Crippen LogP contribution in [0.3, 0.4) is 0 Å². The Morgan fingerprint density at radius 1 is 1.17 bits per heavy atom. The van der Waals surface area contributed by atoms with Crippen molar-refractivity contribution in [1.29, 1.82) is 0 Å². The van der Waals surface area contributed by atoms with Gasteiger partial charge >= 0.3 is 0 Å². The number of aliphatic hydroxyl groups is 1. The Balaban J connectivity index is 2.26. The standard InChI is InChI=1S/C15H24N2O/c1-11-8-13(9-12(2)16-11)17-7-6-15(5,18)14(3,4)10-17/h8-9,18H,6-7,10H2,1-5H3/t15-/m0/s1. The van der Waals surface area contributed by atoms with Crippen LogP contribution >= 0.6 is 0 Å². The van der Waals surface area contributed by atoms with Crippen LogP contribution < -0.4 is 4.90 Å². The minimum Gasteiger partial charge on any atom is -0.389 e. The topological polar surface area (TPSA) is 36.4 Å². The zero-order valence-electron chi connectivity index (χ0n) is 12.1. The molecule has 0 aliphatic carbocycles. The van der Waals surface area contributed by atoms with E-state index in [-0.39, 0.29) is 5.41 Å². The molecule has 0 aromatic carbocycles. The van der Waals surface area contributed by atoms with E-state index in [9.17, 15) is 5.11 Å². The number of nitrogens with zero attached hydrogens (tertiary/aromatic N) is 2. The third-order valence-corrected chi connectivity index (χ3v) is 4.34. The first kappa shape index (κ1) is 13.3. The summed E-state index contributed by atoms with van der Waals surface area (Å²) in [5.74, 6) is 0. The molecule has 100 valence electrons. The summed E-state index contributed by atoms with van der Waals surface area (Å²) in [4.78, 5) is 6.78. The quantitative estimate of drug-likeness (QED) is 0.830. The Morgan fingerprint density at radius 2 is 1.72 bits per heavy atom. The highest BCUT2D eigenvalue weighted by atomic mass is 16.3. The number of pyridine rings is 1. The van der Waals surface area contributed by atoms with Crippen LogP contribution in [0, 0.1) is 19.3 Å². The van der Waals surface area contributed by atoms with Gasteiger partial charge in [-0.1, -0.05) is 13.8 Å². The second-order valence-electron chi connectivity index (χ2n) is 6.44. The van der Waals surface area contributed by atoms with E-state index in [0.717, 1.165) is 30.9 Å². The highest BCUT2D eigenvalue weighted by Gasteiger charge is 2.44. The molecule has 1 fully saturated rings. The molecule has 1 saturated heterocycles. The van der Waals surface area contributed by atoms with Crippen molar-refractivity contribution in [3.8, 4) is 0 Å². The van der Waals surface area contributed by atoms with Crippen LogP contribution in [0.15, 0.2) is 12.1 Å². The summed E-state index contributed by atoms with van der Waals surface area (Å²) in [6, 6.07) is 4.26. The second kappa shape index (κ2) is 4.23. The lowest BCUT2D eigenvalue weighted by atomic mass is 9.71. The second-order valence-corrected chi connectivity index (χ2v) is 6.44. The zero-order chi connectivity index (χ0) is 13.6. The van der Waals surface area contributed by atoms with Crippen molar-refractivity contribution in [2.45, 2.75) is 46.6 Å². The molecule has 3 heteroatoms. The fourth-order valence-electron chi connectivity index (χ4n) is 2.63. The highest BCUT2D eigenvalue weighted by molar-refractivity contribution is 5.49. The van der Waals surface area contributed by atoms with Crippen LogP contribution in [0.4, 0.5) is 5.69 Å². The lowest BCUT2D eigenvalue weighted by Gasteiger charge is -2.49. The molecule has 1 aliphatic rings. The largest absolute Gasteiger partial charge is 0.389 e. The van der Waals surface area contributed by atoms with Gasteiger partial charge in [-0.3, -0.25) is 4.98 Å². The van der Waals surface area contributed by atoms with Gasteiger partial charge in [-0.25, -0.2) is 0 Å². The Hall–Kier alpha value is -1.09. The van der Waals surface area contributed by atoms with Gasteiger partial charge in [0.25, 0.3) is 0 Å². The van der Waals surface area contributed by atoms with Crippen LogP contribution in [-0.2, 0) is 0 Å². The lowest BCUT2D eigenvalue weighted by Crippen LogP contribution is -2.55. The van der Waals surface area contributed by atoms with Crippen molar-refractivity contribution in [3.05, 3.63) is 23.5 Å². The van der Waals surface area contributed by atoms with Crippen LogP contribution in [0.1, 0.15) is 38.6 Å². The van der Waals surface area contributed by atoms with Crippen molar-refractivity contribution in [2.75, 3.05) is 18.0 Å². The summed E-state index contributed by atoms with van der Waals surface area (Å²) in [5.41, 5.74) is 2.65. The number of hydrogen-bond donors (Lipinski definition) is 1. The molecule has 1 N–H and O–H groups in total. The summed E-state index contributed by atoms with van der Waals surface area (Å²) in [6.07, 6.45) is 0.806. The third-order valence-electron chi connectivity index (χ3n) is 4.34. The van der Waals surface area contributed by atoms with E-state index in [2.05, 4.69) is 35.9 Å². The van der Waals surface area contributed by atoms with Gasteiger partial charge in [-0.2, -0.15) is 0 Å². The fraction of sp³-hybridized carbons (Fsp3) is 0.667. The molecule has 0 radical (unpaired) electrons. The highest BCUT2D eigenvalue weighted by Crippen LogP contribution is 2.39. The first-order valence-corrected chi connectivity index (χ1v) is 6.64. The minimum absolute atomic E-state index is 0.101. The molecule has 0 saturated carbocycles. The van der Waals surface area contributed by atoms with Gasteiger partial charge in [0, 0.05) is 35.6 Å². The number of rotatable bonds is 1. The molecule has 18 heavy (non-hydrogen) atoms. The van der Waals surface area contributed by atoms with E-state index < -0.39 is 5.60 Å². The zero-order valence-corrected chi connectivity index (χ0v) is 12.1. The van der Waals surface area contributed by atoms with Crippen molar-refractivity contribution in [3.63, 3.8) is 0 Å². The summed E-state index contributed by atoms with van der Waals surface area (Å²) < 4.78 is 0. The van der Waals surface area contributed by atoms with Gasteiger partial charge in [0.15, 0.2) is 0 Å². The molecule has 1 aromatic rings. The Kier molecular flexibility index (Phi) is 3.14. The first-order valence-electron chi connectivity index (χ1n) is 6.64. The molecule has 1 atom stereocenters. The SMILES string of the molecule is Cc1cc(N2CC[C@](C)(O)C(C)(C)C2)cc(C)n1. The molecule has 0 spiro atoms. The molecule has 0 amide bonds. The number of hydrogen-bond acceptors (Lipinski definition) is 3. The molecular formula is C15H24N2O. The maximum Gasteiger partial charge on any atom is 0.0704 e. The Labute approximate surface area is 110 Å². The van der Waals surface area contributed by atoms with E-state index in [4.69, 9.17) is 0 Å². The van der Waals surface area contributed by atoms with E-state index in [1.54, 1.807) is 0 Å². The smallest absolute Gasteiger partial charge is 0.0704 e. The third kappa shape index (κ3) is 2.37. The minimum atomic E-state index is -0.583. The van der Waals surface area contributed by atoms with E-state index >= 15 is 0 Å². The summed E-state index contributed by atoms with van der Waals surface area (Å²) in [5, 5.41) is 10.4. The average Bonchev–Trinajstić information content (AvgIpc) is 2.20. The Bertz CT molecular complexity index is 432. The van der Waals surface area contributed by atoms with Crippen molar-refractivity contribution >= 4 is 5.69 Å². The van der Waals surface area contributed by atoms with Crippen molar-refractivity contribution in [2.24, 2.45) is 5.41 Å². The molecule has 2 heterocycles. The van der Waals surface area contributed by atoms with Gasteiger partial charge in [-0.15, -0.1) is 0 Å². The van der Waals surface area contributed by atoms with Crippen LogP contribution in [0.25, 0.3) is 0 Å². The summed E-state index contributed by atoms with van der Waals surface area (Å²) in [7, 11) is 0. The number of aryl methyl sites for hydroxylation is 2. The van der Waals surface area contributed by atoms with E-state index in [0.29, 0.717) is 0 Å². The number of piperidine rings is 1. The predicted octanol–water partition coefficient (Wildman–Crippen LogP) is 2.69. The maximum atomic E-state index is 10.4. The van der Waals surface area contributed by atoms with E-state index in [1.807, 2.05) is 20.8 Å². The molecular weight excluding hydrogens is 224 g/mol. The molecule has 3 nitrogen and oxygen atoms in total. The molecule has 1 aromatic heterocycles. The Morgan fingerprint density at radius 3 is 2.22 bits per heavy atom. The molecule has 0 bridgehead atoms. The fourth-order valence-corrected chi connectivity index (χ4v) is 2.63. The van der Waals surface area contributed by atoms with Gasteiger partial charge < -0.3 is 10.0 Å². The van der Waals surface area contributed by atoms with Gasteiger partial charge in [0.1, 0.15) is 0 Å². The van der Waals surface area contributed by atoms with Gasteiger partial charge in [0.2, 0.25) is 0 Å². The average molecular weight is 248 g/mol. The molecule has 0 unspecified atom stereocenters. The summed E-state index contributed by atoms with van der Waals surface area (Å²) >= 11 is 0. The van der Waals surface area contributed by atoms with Crippen LogP contribution in [0.5, 0.6) is 0 Å². The van der Waals surface area contributed by atoms with Crippen LogP contribution in [-0.4, -0.2) is 28.8 Å². The van der Waals surface area contributed by atoms with Crippen molar-refractivity contribution in [1.82, 2.24) is 4.98 Å². The van der Waals surface area contributed by atoms with Gasteiger partial charge in [0.05, 0.1) is 5.60 Å². The molecule has 2 rings (SSSR count). The summed E-state index contributed by atoms with van der Waals surface area (Å²) in [6.45, 7) is 12.1. The number of anilines is 1. The monoisotopic (exact) mass is 248 g/mol. The maximum absolute atomic E-state index is 10.4. The lowest BCUT2D eigenvalue weighted by molar-refractivity contribution is -0.0649. The van der Waals surface area contributed by atoms with Crippen molar-refractivity contribution < 1.29 is 5.11 Å².